The number of nitrogens with zero attached hydrogens (tertiary/aromatic N) is 2. The van der Waals surface area contributed by atoms with Gasteiger partial charge in [0.05, 0.1) is 12.1 Å². The molecule has 0 aliphatic carbocycles. The topological polar surface area (TPSA) is 93.2 Å². The lowest BCUT2D eigenvalue weighted by Gasteiger charge is -2.23. The van der Waals surface area contributed by atoms with Gasteiger partial charge in [0.1, 0.15) is 13.2 Å². The summed E-state index contributed by atoms with van der Waals surface area (Å²) in [5.74, 6) is -0.197. The van der Waals surface area contributed by atoms with Crippen molar-refractivity contribution >= 4 is 39.9 Å². The first-order valence-corrected chi connectivity index (χ1v) is 27.7. The van der Waals surface area contributed by atoms with Crippen molar-refractivity contribution in [2.24, 2.45) is 5.92 Å². The summed E-state index contributed by atoms with van der Waals surface area (Å²) in [7, 11) is 0. The summed E-state index contributed by atoms with van der Waals surface area (Å²) in [6, 6.07) is -0.144. The van der Waals surface area contributed by atoms with Crippen LogP contribution in [-0.4, -0.2) is 64.4 Å². The highest BCUT2D eigenvalue weighted by Crippen LogP contribution is 2.25. The first-order chi connectivity index (χ1) is 30.8. The fourth-order valence-electron chi connectivity index (χ4n) is 8.16. The largest absolute Gasteiger partial charge is 0.447 e. The van der Waals surface area contributed by atoms with E-state index in [1.54, 1.807) is 0 Å². The Morgan fingerprint density at radius 1 is 0.524 bits per heavy atom. The summed E-state index contributed by atoms with van der Waals surface area (Å²) in [5.41, 5.74) is 0. The molecule has 0 aromatic carbocycles. The number of ether oxygens (including phenoxy) is 2. The van der Waals surface area contributed by atoms with Gasteiger partial charge in [0, 0.05) is 17.7 Å². The van der Waals surface area contributed by atoms with Crippen molar-refractivity contribution in [2.75, 3.05) is 18.5 Å². The SMILES string of the molecule is CCCCCCCCC(=O)N1C(=O)OC[C@@H]1CC.CCCCCCCCCC/C=C/C[C@@H](CCCCCCC)C(=O)N1C(=O)OC[C@@H]1CC.CCCCCCCCCCC=CCBr. The molecule has 4 amide bonds. The van der Waals surface area contributed by atoms with Crippen LogP contribution in [0.2, 0.25) is 0 Å². The van der Waals surface area contributed by atoms with E-state index >= 15 is 0 Å². The molecule has 2 rings (SSSR count). The lowest BCUT2D eigenvalue weighted by atomic mass is 9.94. The van der Waals surface area contributed by atoms with E-state index in [0.717, 1.165) is 56.7 Å². The molecule has 368 valence electrons. The lowest BCUT2D eigenvalue weighted by Crippen LogP contribution is -2.42. The maximum Gasteiger partial charge on any atom is 0.416 e. The number of carbonyl (C=O) groups excluding carboxylic acids is 4. The Bertz CT molecular complexity index is 1160. The van der Waals surface area contributed by atoms with Crippen LogP contribution in [0.3, 0.4) is 0 Å². The van der Waals surface area contributed by atoms with E-state index in [1.165, 1.54) is 170 Å². The van der Waals surface area contributed by atoms with E-state index in [0.29, 0.717) is 19.6 Å². The van der Waals surface area contributed by atoms with Gasteiger partial charge in [0.25, 0.3) is 0 Å². The van der Waals surface area contributed by atoms with Crippen LogP contribution in [0.1, 0.15) is 260 Å². The molecule has 0 bridgehead atoms. The van der Waals surface area contributed by atoms with Crippen LogP contribution >= 0.6 is 15.9 Å². The minimum Gasteiger partial charge on any atom is -0.447 e. The Labute approximate surface area is 397 Å². The van der Waals surface area contributed by atoms with Crippen LogP contribution in [0.4, 0.5) is 9.59 Å². The molecule has 8 nitrogen and oxygen atoms in total. The Morgan fingerprint density at radius 3 is 1.35 bits per heavy atom. The van der Waals surface area contributed by atoms with Gasteiger partial charge < -0.3 is 9.47 Å². The highest BCUT2D eigenvalue weighted by atomic mass is 79.9. The molecule has 0 unspecified atom stereocenters. The van der Waals surface area contributed by atoms with Gasteiger partial charge in [-0.25, -0.2) is 19.4 Å². The van der Waals surface area contributed by atoms with Crippen molar-refractivity contribution in [2.45, 2.75) is 272 Å². The van der Waals surface area contributed by atoms with E-state index in [-0.39, 0.29) is 29.8 Å². The zero-order valence-corrected chi connectivity index (χ0v) is 43.5. The molecule has 0 radical (unpaired) electrons. The van der Waals surface area contributed by atoms with Crippen molar-refractivity contribution < 1.29 is 28.7 Å². The number of amides is 4. The van der Waals surface area contributed by atoms with Crippen LogP contribution in [-0.2, 0) is 19.1 Å². The smallest absolute Gasteiger partial charge is 0.416 e. The predicted octanol–water partition coefficient (Wildman–Crippen LogP) is 17.2. The summed E-state index contributed by atoms with van der Waals surface area (Å²) < 4.78 is 10.1. The van der Waals surface area contributed by atoms with E-state index in [2.05, 4.69) is 67.9 Å². The zero-order valence-electron chi connectivity index (χ0n) is 41.9. The third-order valence-electron chi connectivity index (χ3n) is 12.4. The number of rotatable bonds is 37. The van der Waals surface area contributed by atoms with Crippen LogP contribution in [0.25, 0.3) is 0 Å². The number of alkyl halides is 1. The first-order valence-electron chi connectivity index (χ1n) is 26.6. The number of unbranched alkanes of at least 4 members (excludes halogenated alkanes) is 25. The minimum absolute atomic E-state index is 0.0263. The highest BCUT2D eigenvalue weighted by Gasteiger charge is 2.39. The maximum absolute atomic E-state index is 13.1. The normalized spacial score (nSPS) is 16.6. The van der Waals surface area contributed by atoms with Crippen molar-refractivity contribution in [1.82, 2.24) is 9.80 Å². The number of hydrogen-bond acceptors (Lipinski definition) is 6. The molecule has 0 aromatic heterocycles. The van der Waals surface area contributed by atoms with Crippen LogP contribution in [0.5, 0.6) is 0 Å². The number of carbonyl (C=O) groups is 4. The van der Waals surface area contributed by atoms with Crippen molar-refractivity contribution in [3.63, 3.8) is 0 Å². The number of imide groups is 2. The highest BCUT2D eigenvalue weighted by molar-refractivity contribution is 9.09. The Hall–Kier alpha value is -2.16. The van der Waals surface area contributed by atoms with Crippen LogP contribution in [0.15, 0.2) is 24.3 Å². The van der Waals surface area contributed by atoms with Crippen molar-refractivity contribution in [3.8, 4) is 0 Å². The quantitative estimate of drug-likeness (QED) is 0.0350. The average Bonchev–Trinajstić information content (AvgIpc) is 3.87. The second-order valence-corrected chi connectivity index (χ2v) is 18.7. The molecule has 2 aliphatic rings. The molecule has 0 saturated carbocycles. The van der Waals surface area contributed by atoms with Crippen molar-refractivity contribution in [1.29, 1.82) is 0 Å². The molecule has 0 spiro atoms. The summed E-state index contributed by atoms with van der Waals surface area (Å²) in [6.07, 6.45) is 48.8. The molecule has 3 atom stereocenters. The van der Waals surface area contributed by atoms with Gasteiger partial charge in [-0.1, -0.05) is 236 Å². The second kappa shape index (κ2) is 45.0. The Morgan fingerprint density at radius 2 is 0.905 bits per heavy atom. The lowest BCUT2D eigenvalue weighted by molar-refractivity contribution is -0.133. The van der Waals surface area contributed by atoms with Gasteiger partial charge in [-0.05, 0) is 57.8 Å². The molecule has 2 aliphatic heterocycles. The van der Waals surface area contributed by atoms with Gasteiger partial charge in [0.15, 0.2) is 0 Å². The van der Waals surface area contributed by atoms with Gasteiger partial charge in [-0.2, -0.15) is 0 Å². The maximum atomic E-state index is 13.1. The molecular weight excluding hydrogens is 853 g/mol. The average molecular weight is 952 g/mol. The number of halogens is 1. The summed E-state index contributed by atoms with van der Waals surface area (Å²) in [6.45, 7) is 13.6. The molecule has 2 saturated heterocycles. The number of hydrogen-bond donors (Lipinski definition) is 0. The first kappa shape index (κ1) is 60.8. The van der Waals surface area contributed by atoms with Gasteiger partial charge in [-0.15, -0.1) is 0 Å². The van der Waals surface area contributed by atoms with E-state index in [4.69, 9.17) is 9.47 Å². The zero-order chi connectivity index (χ0) is 46.6. The van der Waals surface area contributed by atoms with Gasteiger partial charge in [-0.3, -0.25) is 9.59 Å². The summed E-state index contributed by atoms with van der Waals surface area (Å²) in [5, 5.41) is 1.00. The van der Waals surface area contributed by atoms with Crippen molar-refractivity contribution in [3.05, 3.63) is 24.3 Å². The Kier molecular flexibility index (Phi) is 43.5. The van der Waals surface area contributed by atoms with E-state index in [9.17, 15) is 19.2 Å². The predicted molar refractivity (Wildman–Crippen MR) is 271 cm³/mol. The second-order valence-electron chi connectivity index (χ2n) is 18.0. The molecule has 2 fully saturated rings. The monoisotopic (exact) mass is 951 g/mol. The Balaban J connectivity index is 0.00000101. The third kappa shape index (κ3) is 32.2. The standard InChI is InChI=1S/C27H49NO3.C14H25NO3.C13H25Br/c1-4-7-9-11-12-13-14-15-16-18-20-22-24(21-19-17-10-8-5-2)26(29)28-25(6-3)23-31-27(28)30;1-3-5-6-7-8-9-10-13(16)15-12(4-2)11-18-14(15)17;1-2-3-4-5-6-7-8-9-10-11-12-13-14/h18,20,24-25H,4-17,19,21-23H2,1-3H3;12H,3-11H2,1-2H3;11-12H,2-10,13H2,1H3/b20-18+;;/t24-,25+;12-;/m10./s1. The third-order valence-corrected chi connectivity index (χ3v) is 12.8. The summed E-state index contributed by atoms with van der Waals surface area (Å²) in [4.78, 5) is 51.4. The van der Waals surface area contributed by atoms with E-state index < -0.39 is 12.2 Å². The number of cyclic esters (lactones) is 2. The van der Waals surface area contributed by atoms with E-state index in [1.807, 2.05) is 13.8 Å². The molecular formula is C54H99BrN2O6. The molecule has 0 N–H and O–H groups in total. The van der Waals surface area contributed by atoms with Crippen LogP contribution < -0.4 is 0 Å². The molecule has 63 heavy (non-hydrogen) atoms. The minimum atomic E-state index is -0.460. The van der Waals surface area contributed by atoms with Gasteiger partial charge in [0.2, 0.25) is 11.8 Å². The summed E-state index contributed by atoms with van der Waals surface area (Å²) >= 11 is 3.38. The van der Waals surface area contributed by atoms with Gasteiger partial charge >= 0.3 is 12.2 Å². The fourth-order valence-corrected chi connectivity index (χ4v) is 8.42. The van der Waals surface area contributed by atoms with Crippen LogP contribution in [0, 0.1) is 5.92 Å². The number of allylic oxidation sites excluding steroid dienone is 4. The molecule has 2 heterocycles. The molecule has 0 aromatic rings. The fraction of sp³-hybridized carbons (Fsp3) is 0.852. The molecule has 9 heteroatoms.